The molecule has 0 radical (unpaired) electrons. The molecule has 1 amide bonds. The second kappa shape index (κ2) is 6.41. The van der Waals surface area contributed by atoms with Crippen molar-refractivity contribution in [3.63, 3.8) is 0 Å². The second-order valence-corrected chi connectivity index (χ2v) is 6.65. The number of aryl methyl sites for hydroxylation is 3. The molecule has 0 saturated heterocycles. The average molecular weight is 351 g/mol. The first-order valence-corrected chi connectivity index (χ1v) is 8.70. The molecule has 1 aliphatic rings. The predicted octanol–water partition coefficient (Wildman–Crippen LogP) is 3.93. The lowest BCUT2D eigenvalue weighted by Gasteiger charge is -2.26. The molecule has 1 N–H and O–H groups in total. The summed E-state index contributed by atoms with van der Waals surface area (Å²) >= 11 is 0. The normalized spacial score (nSPS) is 15.9. The monoisotopic (exact) mass is 351 g/mol. The summed E-state index contributed by atoms with van der Waals surface area (Å²) in [4.78, 5) is 12.6. The van der Waals surface area contributed by atoms with Crippen molar-refractivity contribution in [3.8, 4) is 11.5 Å². The van der Waals surface area contributed by atoms with Gasteiger partial charge in [-0.2, -0.15) is 0 Å². The van der Waals surface area contributed by atoms with Gasteiger partial charge >= 0.3 is 0 Å². The SMILES string of the molecule is Cc1ccc2c(C)c(C(=O)NC[C@H]3COc4ccccc4O3)oc2c1C. The van der Waals surface area contributed by atoms with Crippen LogP contribution in [-0.2, 0) is 0 Å². The lowest BCUT2D eigenvalue weighted by atomic mass is 10.0. The van der Waals surface area contributed by atoms with Gasteiger partial charge in [-0.05, 0) is 44.0 Å². The van der Waals surface area contributed by atoms with Crippen LogP contribution in [0.3, 0.4) is 0 Å². The van der Waals surface area contributed by atoms with Crippen molar-refractivity contribution in [1.82, 2.24) is 5.32 Å². The minimum atomic E-state index is -0.238. The van der Waals surface area contributed by atoms with Gasteiger partial charge in [0.15, 0.2) is 17.3 Å². The van der Waals surface area contributed by atoms with Crippen molar-refractivity contribution in [1.29, 1.82) is 0 Å². The Labute approximate surface area is 151 Å². The first kappa shape index (κ1) is 16.5. The summed E-state index contributed by atoms with van der Waals surface area (Å²) in [6.45, 7) is 6.69. The highest BCUT2D eigenvalue weighted by molar-refractivity contribution is 5.99. The van der Waals surface area contributed by atoms with E-state index in [1.54, 1.807) is 0 Å². The summed E-state index contributed by atoms with van der Waals surface area (Å²) in [5.41, 5.74) is 3.83. The zero-order chi connectivity index (χ0) is 18.3. The van der Waals surface area contributed by atoms with E-state index in [2.05, 4.69) is 5.32 Å². The first-order chi connectivity index (χ1) is 12.5. The van der Waals surface area contributed by atoms with E-state index in [0.717, 1.165) is 33.4 Å². The van der Waals surface area contributed by atoms with Gasteiger partial charge in [0, 0.05) is 10.9 Å². The van der Waals surface area contributed by atoms with Gasteiger partial charge in [0.25, 0.3) is 5.91 Å². The number of ether oxygens (including phenoxy) is 2. The molecule has 0 unspecified atom stereocenters. The highest BCUT2D eigenvalue weighted by Gasteiger charge is 2.23. The fraction of sp³-hybridized carbons (Fsp3) is 0.286. The molecule has 2 aromatic carbocycles. The largest absolute Gasteiger partial charge is 0.486 e. The molecule has 2 heterocycles. The Balaban J connectivity index is 1.48. The topological polar surface area (TPSA) is 60.7 Å². The number of carbonyl (C=O) groups is 1. The summed E-state index contributed by atoms with van der Waals surface area (Å²) in [6.07, 6.45) is -0.234. The molecule has 0 spiro atoms. The van der Waals surface area contributed by atoms with Crippen molar-refractivity contribution >= 4 is 16.9 Å². The Morgan fingerprint density at radius 2 is 1.85 bits per heavy atom. The summed E-state index contributed by atoms with van der Waals surface area (Å²) in [7, 11) is 0. The van der Waals surface area contributed by atoms with Crippen molar-refractivity contribution < 1.29 is 18.7 Å². The molecule has 5 nitrogen and oxygen atoms in total. The molecule has 0 aliphatic carbocycles. The molecule has 5 heteroatoms. The number of hydrogen-bond donors (Lipinski definition) is 1. The van der Waals surface area contributed by atoms with E-state index >= 15 is 0 Å². The molecular formula is C21H21NO4. The molecule has 1 aliphatic heterocycles. The average Bonchev–Trinajstić information content (AvgIpc) is 3.00. The van der Waals surface area contributed by atoms with E-state index in [-0.39, 0.29) is 12.0 Å². The van der Waals surface area contributed by atoms with Crippen molar-refractivity contribution in [2.45, 2.75) is 26.9 Å². The molecule has 3 aromatic rings. The molecule has 1 aromatic heterocycles. The van der Waals surface area contributed by atoms with Crippen LogP contribution in [0.25, 0.3) is 11.0 Å². The van der Waals surface area contributed by atoms with Gasteiger partial charge in [-0.3, -0.25) is 4.79 Å². The predicted molar refractivity (Wildman–Crippen MR) is 99.1 cm³/mol. The third kappa shape index (κ3) is 2.79. The number of rotatable bonds is 3. The van der Waals surface area contributed by atoms with Crippen LogP contribution in [0.5, 0.6) is 11.5 Å². The highest BCUT2D eigenvalue weighted by atomic mass is 16.6. The van der Waals surface area contributed by atoms with Crippen LogP contribution < -0.4 is 14.8 Å². The molecule has 0 fully saturated rings. The van der Waals surface area contributed by atoms with Gasteiger partial charge < -0.3 is 19.2 Å². The summed E-state index contributed by atoms with van der Waals surface area (Å²) in [6, 6.07) is 11.6. The number of hydrogen-bond acceptors (Lipinski definition) is 4. The first-order valence-electron chi connectivity index (χ1n) is 8.70. The van der Waals surface area contributed by atoms with Crippen LogP contribution in [0.2, 0.25) is 0 Å². The Morgan fingerprint density at radius 1 is 1.08 bits per heavy atom. The van der Waals surface area contributed by atoms with E-state index in [1.807, 2.05) is 57.2 Å². The number of benzene rings is 2. The van der Waals surface area contributed by atoms with Crippen LogP contribution in [0.15, 0.2) is 40.8 Å². The maximum atomic E-state index is 12.6. The van der Waals surface area contributed by atoms with Gasteiger partial charge in [0.2, 0.25) is 0 Å². The third-order valence-corrected chi connectivity index (χ3v) is 4.89. The maximum Gasteiger partial charge on any atom is 0.287 e. The van der Waals surface area contributed by atoms with Crippen molar-refractivity contribution in [2.24, 2.45) is 0 Å². The van der Waals surface area contributed by atoms with Gasteiger partial charge in [-0.1, -0.05) is 24.3 Å². The fourth-order valence-electron chi connectivity index (χ4n) is 3.18. The number of carbonyl (C=O) groups excluding carboxylic acids is 1. The highest BCUT2D eigenvalue weighted by Crippen LogP contribution is 2.31. The molecule has 4 rings (SSSR count). The standard InChI is InChI=1S/C21H21NO4/c1-12-8-9-16-14(3)20(26-19(16)13(12)2)21(23)22-10-15-11-24-17-6-4-5-7-18(17)25-15/h4-9,15H,10-11H2,1-3H3,(H,22,23)/t15-/m0/s1. The van der Waals surface area contributed by atoms with Gasteiger partial charge in [-0.25, -0.2) is 0 Å². The smallest absolute Gasteiger partial charge is 0.287 e. The van der Waals surface area contributed by atoms with E-state index in [1.165, 1.54) is 0 Å². The lowest BCUT2D eigenvalue weighted by molar-refractivity contribution is 0.0774. The molecule has 1 atom stereocenters. The summed E-state index contributed by atoms with van der Waals surface area (Å²) < 4.78 is 17.4. The van der Waals surface area contributed by atoms with E-state index in [0.29, 0.717) is 24.7 Å². The number of para-hydroxylation sites is 2. The van der Waals surface area contributed by atoms with Crippen LogP contribution in [0.1, 0.15) is 27.2 Å². The van der Waals surface area contributed by atoms with Crippen LogP contribution >= 0.6 is 0 Å². The molecule has 0 bridgehead atoms. The van der Waals surface area contributed by atoms with E-state index in [9.17, 15) is 4.79 Å². The van der Waals surface area contributed by atoms with Gasteiger partial charge in [0.1, 0.15) is 18.3 Å². The van der Waals surface area contributed by atoms with Gasteiger partial charge in [0.05, 0.1) is 6.54 Å². The second-order valence-electron chi connectivity index (χ2n) is 6.65. The number of furan rings is 1. The third-order valence-electron chi connectivity index (χ3n) is 4.89. The Morgan fingerprint density at radius 3 is 2.65 bits per heavy atom. The molecule has 134 valence electrons. The van der Waals surface area contributed by atoms with Crippen molar-refractivity contribution in [2.75, 3.05) is 13.2 Å². The molecular weight excluding hydrogens is 330 g/mol. The van der Waals surface area contributed by atoms with Crippen molar-refractivity contribution in [3.05, 3.63) is 58.8 Å². The van der Waals surface area contributed by atoms with E-state index in [4.69, 9.17) is 13.9 Å². The number of fused-ring (bicyclic) bond motifs is 2. The quantitative estimate of drug-likeness (QED) is 0.777. The molecule has 26 heavy (non-hydrogen) atoms. The number of amides is 1. The Bertz CT molecular complexity index is 989. The zero-order valence-electron chi connectivity index (χ0n) is 15.1. The van der Waals surface area contributed by atoms with E-state index < -0.39 is 0 Å². The van der Waals surface area contributed by atoms with Gasteiger partial charge in [-0.15, -0.1) is 0 Å². The minimum Gasteiger partial charge on any atom is -0.486 e. The minimum absolute atomic E-state index is 0.234. The summed E-state index contributed by atoms with van der Waals surface area (Å²) in [5, 5.41) is 3.87. The summed E-state index contributed by atoms with van der Waals surface area (Å²) in [5.74, 6) is 1.54. The zero-order valence-corrected chi connectivity index (χ0v) is 15.1. The number of nitrogens with one attached hydrogen (secondary N) is 1. The Kier molecular flexibility index (Phi) is 4.07. The van der Waals surface area contributed by atoms with Crippen LogP contribution in [0, 0.1) is 20.8 Å². The maximum absolute atomic E-state index is 12.6. The fourth-order valence-corrected chi connectivity index (χ4v) is 3.18. The van der Waals surface area contributed by atoms with Crippen LogP contribution in [-0.4, -0.2) is 25.2 Å². The van der Waals surface area contributed by atoms with Crippen LogP contribution in [0.4, 0.5) is 0 Å². The lowest BCUT2D eigenvalue weighted by Crippen LogP contribution is -2.40. The Hall–Kier alpha value is -2.95. The molecule has 0 saturated carbocycles.